The Kier molecular flexibility index (Phi) is 5.09. The third-order valence-electron chi connectivity index (χ3n) is 4.92. The molecule has 1 amide bonds. The number of nitrogens with one attached hydrogen (secondary N) is 1. The zero-order valence-corrected chi connectivity index (χ0v) is 16.9. The number of halogens is 1. The van der Waals surface area contributed by atoms with Crippen LogP contribution in [0.1, 0.15) is 40.1 Å². The van der Waals surface area contributed by atoms with Gasteiger partial charge in [0.1, 0.15) is 22.8 Å². The summed E-state index contributed by atoms with van der Waals surface area (Å²) >= 11 is 3.36. The van der Waals surface area contributed by atoms with E-state index in [0.29, 0.717) is 26.9 Å². The van der Waals surface area contributed by atoms with Crippen molar-refractivity contribution in [3.63, 3.8) is 0 Å². The molecule has 28 heavy (non-hydrogen) atoms. The number of methoxy groups -OCH3 is 1. The van der Waals surface area contributed by atoms with Crippen LogP contribution in [0.2, 0.25) is 0 Å². The Labute approximate surface area is 170 Å². The van der Waals surface area contributed by atoms with Gasteiger partial charge >= 0.3 is 0 Å². The quantitative estimate of drug-likeness (QED) is 0.458. The molecule has 1 aromatic heterocycles. The maximum Gasteiger partial charge on any atom is 0.271 e. The highest BCUT2D eigenvalue weighted by Crippen LogP contribution is 2.40. The van der Waals surface area contributed by atoms with Crippen LogP contribution >= 0.6 is 15.9 Å². The fourth-order valence-electron chi connectivity index (χ4n) is 3.50. The first-order chi connectivity index (χ1) is 13.6. The highest BCUT2D eigenvalue weighted by molar-refractivity contribution is 9.10. The number of phenolic OH excluding ortho intramolecular Hbond substituents is 1. The molecule has 0 saturated carbocycles. The number of hydrogen-bond acceptors (Lipinski definition) is 5. The third kappa shape index (κ3) is 3.38. The summed E-state index contributed by atoms with van der Waals surface area (Å²) in [6, 6.07) is 8.51. The first-order valence-electron chi connectivity index (χ1n) is 9.01. The number of benzene rings is 2. The number of carbonyl (C=O) groups is 1. The molecule has 0 radical (unpaired) electrons. The monoisotopic (exact) mass is 442 g/mol. The van der Waals surface area contributed by atoms with Gasteiger partial charge in [-0.1, -0.05) is 0 Å². The van der Waals surface area contributed by atoms with Crippen molar-refractivity contribution in [3.05, 3.63) is 57.3 Å². The number of hydrogen-bond donors (Lipinski definition) is 2. The van der Waals surface area contributed by atoms with E-state index in [1.165, 1.54) is 6.21 Å². The van der Waals surface area contributed by atoms with Crippen molar-refractivity contribution in [3.8, 4) is 11.5 Å². The van der Waals surface area contributed by atoms with Gasteiger partial charge in [0.15, 0.2) is 0 Å². The molecule has 0 spiro atoms. The summed E-state index contributed by atoms with van der Waals surface area (Å²) in [7, 11) is 1.57. The number of aromatic hydroxyl groups is 1. The second kappa shape index (κ2) is 7.67. The molecule has 0 unspecified atom stereocenters. The lowest BCUT2D eigenvalue weighted by atomic mass is 9.94. The highest BCUT2D eigenvalue weighted by Gasteiger charge is 2.22. The number of ether oxygens (including phenoxy) is 1. The minimum absolute atomic E-state index is 0.0733. The first kappa shape index (κ1) is 18.6. The summed E-state index contributed by atoms with van der Waals surface area (Å²) in [6.07, 6.45) is 5.45. The molecule has 144 valence electrons. The number of amides is 1. The van der Waals surface area contributed by atoms with Gasteiger partial charge in [0, 0.05) is 28.5 Å². The largest absolute Gasteiger partial charge is 0.506 e. The molecule has 6 nitrogen and oxygen atoms in total. The Balaban J connectivity index is 1.64. The van der Waals surface area contributed by atoms with Crippen molar-refractivity contribution in [2.45, 2.75) is 25.7 Å². The fourth-order valence-corrected chi connectivity index (χ4v) is 3.92. The van der Waals surface area contributed by atoms with Crippen LogP contribution in [0.3, 0.4) is 0 Å². The van der Waals surface area contributed by atoms with E-state index in [0.717, 1.165) is 42.4 Å². The number of furan rings is 1. The molecule has 0 aliphatic heterocycles. The van der Waals surface area contributed by atoms with Crippen LogP contribution in [0.5, 0.6) is 11.5 Å². The van der Waals surface area contributed by atoms with Crippen LogP contribution in [0, 0.1) is 0 Å². The summed E-state index contributed by atoms with van der Waals surface area (Å²) in [5.74, 6) is 1.37. The van der Waals surface area contributed by atoms with E-state index in [4.69, 9.17) is 9.15 Å². The molecule has 2 aromatic carbocycles. The second-order valence-electron chi connectivity index (χ2n) is 6.63. The number of fused-ring (bicyclic) bond motifs is 3. The average Bonchev–Trinajstić information content (AvgIpc) is 3.08. The summed E-state index contributed by atoms with van der Waals surface area (Å²) in [5, 5.41) is 15.5. The first-order valence-corrected chi connectivity index (χ1v) is 9.81. The van der Waals surface area contributed by atoms with Crippen LogP contribution < -0.4 is 10.2 Å². The predicted octanol–water partition coefficient (Wildman–Crippen LogP) is 4.55. The normalized spacial score (nSPS) is 13.6. The molecule has 4 rings (SSSR count). The maximum absolute atomic E-state index is 12.3. The van der Waals surface area contributed by atoms with E-state index in [-0.39, 0.29) is 11.7 Å². The number of hydrazone groups is 1. The molecule has 0 fully saturated rings. The average molecular weight is 443 g/mol. The minimum atomic E-state index is -0.348. The van der Waals surface area contributed by atoms with Crippen molar-refractivity contribution < 1.29 is 19.1 Å². The zero-order chi connectivity index (χ0) is 19.7. The van der Waals surface area contributed by atoms with Crippen LogP contribution in [-0.2, 0) is 12.8 Å². The van der Waals surface area contributed by atoms with Crippen molar-refractivity contribution in [1.29, 1.82) is 0 Å². The molecular weight excluding hydrogens is 424 g/mol. The number of phenols is 1. The molecule has 0 saturated heterocycles. The van der Waals surface area contributed by atoms with Crippen LogP contribution in [0.15, 0.2) is 44.3 Å². The number of aryl methyl sites for hydroxylation is 2. The Morgan fingerprint density at radius 2 is 2.04 bits per heavy atom. The van der Waals surface area contributed by atoms with Crippen molar-refractivity contribution in [2.24, 2.45) is 5.10 Å². The summed E-state index contributed by atoms with van der Waals surface area (Å²) < 4.78 is 11.6. The molecule has 3 aromatic rings. The summed E-state index contributed by atoms with van der Waals surface area (Å²) in [5.41, 5.74) is 5.32. The lowest BCUT2D eigenvalue weighted by molar-refractivity contribution is 0.0955. The number of nitrogens with zero attached hydrogens (tertiary/aromatic N) is 1. The van der Waals surface area contributed by atoms with Gasteiger partial charge < -0.3 is 14.3 Å². The zero-order valence-electron chi connectivity index (χ0n) is 15.3. The van der Waals surface area contributed by atoms with Gasteiger partial charge in [0.25, 0.3) is 5.91 Å². The van der Waals surface area contributed by atoms with Crippen molar-refractivity contribution >= 4 is 39.0 Å². The van der Waals surface area contributed by atoms with Gasteiger partial charge in [-0.25, -0.2) is 5.43 Å². The Morgan fingerprint density at radius 1 is 1.29 bits per heavy atom. The predicted molar refractivity (Wildman–Crippen MR) is 110 cm³/mol. The Morgan fingerprint density at radius 3 is 2.79 bits per heavy atom. The molecule has 2 N–H and O–H groups in total. The molecule has 0 atom stereocenters. The summed E-state index contributed by atoms with van der Waals surface area (Å²) in [6.45, 7) is 0. The Hall–Kier alpha value is -2.80. The summed E-state index contributed by atoms with van der Waals surface area (Å²) in [4.78, 5) is 12.3. The smallest absolute Gasteiger partial charge is 0.271 e. The van der Waals surface area contributed by atoms with E-state index in [1.807, 2.05) is 0 Å². The molecule has 1 aliphatic rings. The standard InChI is InChI=1S/C21H19BrN2O4/c1-27-13-8-6-12(7-9-13)21(26)24-23-11-15-19-14-4-2-3-5-17(14)28-18(19)10-16(22)20(15)25/h6-11,25H,2-5H2,1H3,(H,24,26)/b23-11-. The molecule has 7 heteroatoms. The van der Waals surface area contributed by atoms with E-state index in [1.54, 1.807) is 37.4 Å². The second-order valence-corrected chi connectivity index (χ2v) is 7.49. The topological polar surface area (TPSA) is 84.1 Å². The van der Waals surface area contributed by atoms with E-state index >= 15 is 0 Å². The van der Waals surface area contributed by atoms with Gasteiger partial charge in [0.05, 0.1) is 17.8 Å². The molecule has 0 bridgehead atoms. The molecule has 1 aliphatic carbocycles. The van der Waals surface area contributed by atoms with Gasteiger partial charge in [-0.3, -0.25) is 4.79 Å². The van der Waals surface area contributed by atoms with Gasteiger partial charge in [-0.2, -0.15) is 5.10 Å². The molecular formula is C21H19BrN2O4. The highest BCUT2D eigenvalue weighted by atomic mass is 79.9. The van der Waals surface area contributed by atoms with Crippen LogP contribution in [0.25, 0.3) is 11.0 Å². The fraction of sp³-hybridized carbons (Fsp3) is 0.238. The van der Waals surface area contributed by atoms with Crippen molar-refractivity contribution in [1.82, 2.24) is 5.43 Å². The minimum Gasteiger partial charge on any atom is -0.506 e. The SMILES string of the molecule is COc1ccc(C(=O)N/N=C\c2c(O)c(Br)cc3oc4c(c23)CCCC4)cc1. The molecule has 1 heterocycles. The van der Waals surface area contributed by atoms with E-state index < -0.39 is 0 Å². The maximum atomic E-state index is 12.3. The van der Waals surface area contributed by atoms with Crippen LogP contribution in [-0.4, -0.2) is 24.3 Å². The van der Waals surface area contributed by atoms with Crippen LogP contribution in [0.4, 0.5) is 0 Å². The van der Waals surface area contributed by atoms with Crippen molar-refractivity contribution in [2.75, 3.05) is 7.11 Å². The lowest BCUT2D eigenvalue weighted by Gasteiger charge is -2.10. The number of rotatable bonds is 4. The third-order valence-corrected chi connectivity index (χ3v) is 5.52. The van der Waals surface area contributed by atoms with Gasteiger partial charge in [-0.05, 0) is 65.5 Å². The Bertz CT molecular complexity index is 1070. The number of carbonyl (C=O) groups excluding carboxylic acids is 1. The van der Waals surface area contributed by atoms with E-state index in [9.17, 15) is 9.90 Å². The van der Waals surface area contributed by atoms with Gasteiger partial charge in [0.2, 0.25) is 0 Å². The van der Waals surface area contributed by atoms with Gasteiger partial charge in [-0.15, -0.1) is 0 Å². The lowest BCUT2D eigenvalue weighted by Crippen LogP contribution is -2.17. The van der Waals surface area contributed by atoms with E-state index in [2.05, 4.69) is 26.5 Å².